The van der Waals surface area contributed by atoms with Crippen LogP contribution in [0.1, 0.15) is 39.2 Å². The van der Waals surface area contributed by atoms with Crippen LogP contribution in [-0.2, 0) is 11.3 Å². The minimum atomic E-state index is -0.423. The predicted octanol–water partition coefficient (Wildman–Crippen LogP) is 3.58. The van der Waals surface area contributed by atoms with Gasteiger partial charge in [0.25, 0.3) is 0 Å². The summed E-state index contributed by atoms with van der Waals surface area (Å²) in [6.45, 7) is 9.04. The first-order valence-electron chi connectivity index (χ1n) is 8.11. The van der Waals surface area contributed by atoms with Gasteiger partial charge in [-0.3, -0.25) is 4.98 Å². The molecule has 0 unspecified atom stereocenters. The van der Waals surface area contributed by atoms with Gasteiger partial charge in [-0.25, -0.2) is 4.79 Å². The second kappa shape index (κ2) is 8.11. The third-order valence-corrected chi connectivity index (χ3v) is 4.22. The molecule has 1 aromatic heterocycles. The third kappa shape index (κ3) is 6.47. The summed E-state index contributed by atoms with van der Waals surface area (Å²) in [5.41, 5.74) is 0.749. The Morgan fingerprint density at radius 1 is 1.39 bits per heavy atom. The molecule has 0 spiro atoms. The van der Waals surface area contributed by atoms with Crippen molar-refractivity contribution in [3.05, 3.63) is 28.5 Å². The van der Waals surface area contributed by atoms with Crippen LogP contribution >= 0.6 is 15.9 Å². The molecule has 1 saturated heterocycles. The maximum absolute atomic E-state index is 12.0. The van der Waals surface area contributed by atoms with E-state index in [1.807, 2.05) is 31.9 Å². The molecule has 1 aliphatic heterocycles. The van der Waals surface area contributed by atoms with E-state index in [0.717, 1.165) is 43.5 Å². The van der Waals surface area contributed by atoms with Crippen LogP contribution in [0.25, 0.3) is 0 Å². The number of halogens is 1. The molecule has 23 heavy (non-hydrogen) atoms. The number of ether oxygens (including phenoxy) is 1. The zero-order valence-electron chi connectivity index (χ0n) is 14.1. The zero-order valence-corrected chi connectivity index (χ0v) is 15.7. The van der Waals surface area contributed by atoms with Gasteiger partial charge < -0.3 is 15.0 Å². The molecule has 0 bridgehead atoms. The molecule has 2 heterocycles. The predicted molar refractivity (Wildman–Crippen MR) is 94.2 cm³/mol. The molecule has 0 atom stereocenters. The normalized spacial score (nSPS) is 16.4. The van der Waals surface area contributed by atoms with E-state index in [4.69, 9.17) is 4.74 Å². The maximum Gasteiger partial charge on any atom is 0.410 e. The molecule has 1 N–H and O–H groups in total. The summed E-state index contributed by atoms with van der Waals surface area (Å²) in [6, 6.07) is 2.07. The van der Waals surface area contributed by atoms with Crippen molar-refractivity contribution in [3.8, 4) is 0 Å². The minimum absolute atomic E-state index is 0.191. The van der Waals surface area contributed by atoms with Crippen LogP contribution < -0.4 is 5.32 Å². The average molecular weight is 384 g/mol. The molecule has 1 aliphatic rings. The van der Waals surface area contributed by atoms with Crippen molar-refractivity contribution in [2.45, 2.75) is 45.8 Å². The van der Waals surface area contributed by atoms with Gasteiger partial charge in [-0.05, 0) is 73.6 Å². The van der Waals surface area contributed by atoms with Gasteiger partial charge in [0.2, 0.25) is 0 Å². The second-order valence-electron chi connectivity index (χ2n) is 7.05. The number of carbonyl (C=O) groups is 1. The lowest BCUT2D eigenvalue weighted by molar-refractivity contribution is 0.0184. The van der Waals surface area contributed by atoms with Gasteiger partial charge in [0.05, 0.1) is 0 Å². The Bertz CT molecular complexity index is 523. The number of piperidine rings is 1. The minimum Gasteiger partial charge on any atom is -0.444 e. The Morgan fingerprint density at radius 2 is 2.09 bits per heavy atom. The van der Waals surface area contributed by atoms with E-state index in [-0.39, 0.29) is 6.09 Å². The van der Waals surface area contributed by atoms with Crippen LogP contribution in [0.2, 0.25) is 0 Å². The molecule has 0 aromatic carbocycles. The van der Waals surface area contributed by atoms with Crippen LogP contribution in [0.4, 0.5) is 4.79 Å². The van der Waals surface area contributed by atoms with Crippen molar-refractivity contribution >= 4 is 22.0 Å². The average Bonchev–Trinajstić information content (AvgIpc) is 2.46. The van der Waals surface area contributed by atoms with E-state index >= 15 is 0 Å². The van der Waals surface area contributed by atoms with Gasteiger partial charge in [0, 0.05) is 36.5 Å². The lowest BCUT2D eigenvalue weighted by Gasteiger charge is -2.33. The van der Waals surface area contributed by atoms with Crippen LogP contribution in [0.3, 0.4) is 0 Å². The van der Waals surface area contributed by atoms with E-state index in [1.54, 1.807) is 6.20 Å². The van der Waals surface area contributed by atoms with Gasteiger partial charge in [0.1, 0.15) is 5.60 Å². The van der Waals surface area contributed by atoms with Crippen molar-refractivity contribution in [3.63, 3.8) is 0 Å². The lowest BCUT2D eigenvalue weighted by Crippen LogP contribution is -2.43. The summed E-state index contributed by atoms with van der Waals surface area (Å²) in [6.07, 6.45) is 5.51. The van der Waals surface area contributed by atoms with Crippen LogP contribution in [0.15, 0.2) is 22.9 Å². The van der Waals surface area contributed by atoms with E-state index in [0.29, 0.717) is 5.92 Å². The summed E-state index contributed by atoms with van der Waals surface area (Å²) in [7, 11) is 0. The first-order valence-corrected chi connectivity index (χ1v) is 8.91. The Balaban J connectivity index is 1.68. The summed E-state index contributed by atoms with van der Waals surface area (Å²) in [5.74, 6) is 0.605. The highest BCUT2D eigenvalue weighted by Crippen LogP contribution is 2.19. The fraction of sp³-hybridized carbons (Fsp3) is 0.647. The maximum atomic E-state index is 12.0. The fourth-order valence-corrected chi connectivity index (χ4v) is 3.03. The van der Waals surface area contributed by atoms with Crippen molar-refractivity contribution < 1.29 is 9.53 Å². The number of carbonyl (C=O) groups excluding carboxylic acids is 1. The number of amides is 1. The number of pyridine rings is 1. The molecule has 5 nitrogen and oxygen atoms in total. The highest BCUT2D eigenvalue weighted by atomic mass is 79.9. The second-order valence-corrected chi connectivity index (χ2v) is 7.97. The molecule has 1 aromatic rings. The largest absolute Gasteiger partial charge is 0.444 e. The zero-order chi connectivity index (χ0) is 16.9. The molecule has 6 heteroatoms. The molecule has 0 aliphatic carbocycles. The van der Waals surface area contributed by atoms with E-state index in [9.17, 15) is 4.79 Å². The summed E-state index contributed by atoms with van der Waals surface area (Å²) >= 11 is 3.43. The van der Waals surface area contributed by atoms with E-state index < -0.39 is 5.60 Å². The molecule has 1 amide bonds. The fourth-order valence-electron chi connectivity index (χ4n) is 2.62. The number of likely N-dealkylation sites (tertiary alicyclic amines) is 1. The van der Waals surface area contributed by atoms with Crippen molar-refractivity contribution in [1.82, 2.24) is 15.2 Å². The molecule has 0 saturated carbocycles. The Kier molecular flexibility index (Phi) is 6.41. The highest BCUT2D eigenvalue weighted by Gasteiger charge is 2.26. The van der Waals surface area contributed by atoms with Crippen molar-refractivity contribution in [1.29, 1.82) is 0 Å². The first-order chi connectivity index (χ1) is 10.8. The summed E-state index contributed by atoms with van der Waals surface area (Å²) < 4.78 is 6.42. The molecular formula is C17H26BrN3O2. The molecule has 1 fully saturated rings. The lowest BCUT2D eigenvalue weighted by atomic mass is 9.97. The third-order valence-electron chi connectivity index (χ3n) is 3.79. The van der Waals surface area contributed by atoms with Crippen LogP contribution in [0.5, 0.6) is 0 Å². The van der Waals surface area contributed by atoms with Gasteiger partial charge in [-0.15, -0.1) is 0 Å². The van der Waals surface area contributed by atoms with E-state index in [2.05, 4.69) is 32.3 Å². The highest BCUT2D eigenvalue weighted by molar-refractivity contribution is 9.10. The monoisotopic (exact) mass is 383 g/mol. The van der Waals surface area contributed by atoms with Crippen LogP contribution in [0, 0.1) is 5.92 Å². The standard InChI is InChI=1S/C17H26BrN3O2/c1-17(2,3)23-16(22)21-6-4-13(5-7-21)9-19-10-14-8-15(18)12-20-11-14/h8,11-13,19H,4-7,9-10H2,1-3H3. The van der Waals surface area contributed by atoms with Gasteiger partial charge in [-0.2, -0.15) is 0 Å². The van der Waals surface area contributed by atoms with E-state index in [1.165, 1.54) is 5.56 Å². The SMILES string of the molecule is CC(C)(C)OC(=O)N1CCC(CNCc2cncc(Br)c2)CC1. The Labute approximate surface area is 146 Å². The van der Waals surface area contributed by atoms with Crippen molar-refractivity contribution in [2.75, 3.05) is 19.6 Å². The van der Waals surface area contributed by atoms with Gasteiger partial charge >= 0.3 is 6.09 Å². The van der Waals surface area contributed by atoms with Crippen LogP contribution in [-0.4, -0.2) is 41.2 Å². The summed E-state index contributed by atoms with van der Waals surface area (Å²) in [4.78, 5) is 18.0. The Hall–Kier alpha value is -1.14. The number of nitrogens with one attached hydrogen (secondary N) is 1. The topological polar surface area (TPSA) is 54.5 Å². The van der Waals surface area contributed by atoms with Gasteiger partial charge in [-0.1, -0.05) is 0 Å². The molecule has 128 valence electrons. The van der Waals surface area contributed by atoms with Gasteiger partial charge in [0.15, 0.2) is 0 Å². The number of nitrogens with zero attached hydrogens (tertiary/aromatic N) is 2. The number of hydrogen-bond donors (Lipinski definition) is 1. The summed E-state index contributed by atoms with van der Waals surface area (Å²) in [5, 5.41) is 3.49. The quantitative estimate of drug-likeness (QED) is 0.862. The molecule has 0 radical (unpaired) electrons. The smallest absolute Gasteiger partial charge is 0.410 e. The Morgan fingerprint density at radius 3 is 2.70 bits per heavy atom. The van der Waals surface area contributed by atoms with Crippen molar-refractivity contribution in [2.24, 2.45) is 5.92 Å². The number of aromatic nitrogens is 1. The molecule has 2 rings (SSSR count). The first kappa shape index (κ1) is 18.2. The molecular weight excluding hydrogens is 358 g/mol. The number of rotatable bonds is 4. The number of hydrogen-bond acceptors (Lipinski definition) is 4.